The Hall–Kier alpha value is -2.16. The molecule has 6 heteroatoms. The zero-order valence-corrected chi connectivity index (χ0v) is 11.4. The molecule has 0 spiro atoms. The first-order valence-electron chi connectivity index (χ1n) is 6.26. The molecule has 100 valence electrons. The van der Waals surface area contributed by atoms with Crippen LogP contribution < -0.4 is 0 Å². The van der Waals surface area contributed by atoms with Crippen LogP contribution in [0.1, 0.15) is 32.6 Å². The van der Waals surface area contributed by atoms with Gasteiger partial charge in [-0.25, -0.2) is 0 Å². The van der Waals surface area contributed by atoms with Crippen LogP contribution in [0.4, 0.5) is 0 Å². The highest BCUT2D eigenvalue weighted by molar-refractivity contribution is 5.46. The zero-order valence-electron chi connectivity index (χ0n) is 11.4. The van der Waals surface area contributed by atoms with Gasteiger partial charge in [-0.1, -0.05) is 19.0 Å². The third-order valence-electron chi connectivity index (χ3n) is 3.35. The van der Waals surface area contributed by atoms with Crippen LogP contribution in [0.3, 0.4) is 0 Å². The van der Waals surface area contributed by atoms with Crippen molar-refractivity contribution in [2.45, 2.75) is 33.1 Å². The van der Waals surface area contributed by atoms with Gasteiger partial charge in [0, 0.05) is 26.1 Å². The van der Waals surface area contributed by atoms with E-state index in [9.17, 15) is 0 Å². The molecule has 0 saturated carbocycles. The summed E-state index contributed by atoms with van der Waals surface area (Å²) in [6, 6.07) is 4.05. The van der Waals surface area contributed by atoms with Crippen LogP contribution in [0.25, 0.3) is 11.5 Å². The lowest BCUT2D eigenvalue weighted by Crippen LogP contribution is -2.18. The van der Waals surface area contributed by atoms with Crippen molar-refractivity contribution in [2.24, 2.45) is 12.5 Å². The molecule has 1 atom stereocenters. The summed E-state index contributed by atoms with van der Waals surface area (Å²) in [6.07, 6.45) is 3.81. The summed E-state index contributed by atoms with van der Waals surface area (Å²) in [5.41, 5.74) is 0.568. The van der Waals surface area contributed by atoms with Gasteiger partial charge < -0.3 is 4.52 Å². The number of nitriles is 1. The van der Waals surface area contributed by atoms with Gasteiger partial charge in [0.2, 0.25) is 11.7 Å². The second-order valence-electron chi connectivity index (χ2n) is 5.06. The number of hydrogen-bond donors (Lipinski definition) is 0. The van der Waals surface area contributed by atoms with Crippen LogP contribution in [0, 0.1) is 16.7 Å². The highest BCUT2D eigenvalue weighted by Gasteiger charge is 2.26. The highest BCUT2D eigenvalue weighted by atomic mass is 16.5. The van der Waals surface area contributed by atoms with E-state index in [-0.39, 0.29) is 5.41 Å². The van der Waals surface area contributed by atoms with Gasteiger partial charge in [-0.3, -0.25) is 4.68 Å². The van der Waals surface area contributed by atoms with E-state index in [4.69, 9.17) is 9.78 Å². The Kier molecular flexibility index (Phi) is 3.65. The first-order valence-corrected chi connectivity index (χ1v) is 6.26. The Morgan fingerprint density at radius 2 is 2.32 bits per heavy atom. The summed E-state index contributed by atoms with van der Waals surface area (Å²) >= 11 is 0. The average molecular weight is 259 g/mol. The van der Waals surface area contributed by atoms with Gasteiger partial charge in [0.05, 0.1) is 6.07 Å². The predicted molar refractivity (Wildman–Crippen MR) is 68.8 cm³/mol. The quantitative estimate of drug-likeness (QED) is 0.823. The molecule has 0 radical (unpaired) electrons. The fraction of sp³-hybridized carbons (Fsp3) is 0.538. The SMILES string of the molecule is CCC(C)(CC#N)Cc1nc(-c2ccn(C)n2)no1. The van der Waals surface area contributed by atoms with Gasteiger partial charge in [0.15, 0.2) is 0 Å². The van der Waals surface area contributed by atoms with Gasteiger partial charge in [-0.2, -0.15) is 15.3 Å². The van der Waals surface area contributed by atoms with Crippen LogP contribution in [0.15, 0.2) is 16.8 Å². The second kappa shape index (κ2) is 5.22. The molecule has 2 aromatic rings. The molecule has 0 aliphatic carbocycles. The lowest BCUT2D eigenvalue weighted by Gasteiger charge is -2.22. The number of rotatable bonds is 5. The third-order valence-corrected chi connectivity index (χ3v) is 3.35. The maximum atomic E-state index is 8.87. The minimum absolute atomic E-state index is 0.122. The van der Waals surface area contributed by atoms with Crippen molar-refractivity contribution < 1.29 is 4.52 Å². The second-order valence-corrected chi connectivity index (χ2v) is 5.06. The molecule has 19 heavy (non-hydrogen) atoms. The maximum absolute atomic E-state index is 8.87. The molecule has 2 rings (SSSR count). The van der Waals surface area contributed by atoms with Crippen molar-refractivity contribution in [3.63, 3.8) is 0 Å². The average Bonchev–Trinajstić information content (AvgIpc) is 2.98. The van der Waals surface area contributed by atoms with Gasteiger partial charge >= 0.3 is 0 Å². The van der Waals surface area contributed by atoms with Crippen LogP contribution in [0.5, 0.6) is 0 Å². The summed E-state index contributed by atoms with van der Waals surface area (Å²) in [5.74, 6) is 1.05. The van der Waals surface area contributed by atoms with E-state index < -0.39 is 0 Å². The molecular weight excluding hydrogens is 242 g/mol. The Labute approximate surface area is 112 Å². The minimum Gasteiger partial charge on any atom is -0.339 e. The molecule has 0 amide bonds. The molecule has 0 N–H and O–H groups in total. The van der Waals surface area contributed by atoms with Crippen molar-refractivity contribution >= 4 is 0 Å². The summed E-state index contributed by atoms with van der Waals surface area (Å²) in [5, 5.41) is 17.0. The van der Waals surface area contributed by atoms with E-state index in [1.807, 2.05) is 19.3 Å². The molecule has 0 aliphatic heterocycles. The molecule has 2 aromatic heterocycles. The van der Waals surface area contributed by atoms with E-state index in [1.165, 1.54) is 0 Å². The topological polar surface area (TPSA) is 80.5 Å². The first-order chi connectivity index (χ1) is 9.06. The van der Waals surface area contributed by atoms with Gasteiger partial charge in [-0.15, -0.1) is 0 Å². The van der Waals surface area contributed by atoms with Crippen molar-refractivity contribution in [2.75, 3.05) is 0 Å². The first kappa shape index (κ1) is 13.3. The highest BCUT2D eigenvalue weighted by Crippen LogP contribution is 2.29. The largest absolute Gasteiger partial charge is 0.339 e. The van der Waals surface area contributed by atoms with E-state index in [0.29, 0.717) is 30.3 Å². The molecule has 0 fully saturated rings. The summed E-state index contributed by atoms with van der Waals surface area (Å²) in [4.78, 5) is 4.35. The molecule has 0 bridgehead atoms. The van der Waals surface area contributed by atoms with Gasteiger partial charge in [-0.05, 0) is 17.9 Å². The number of aromatic nitrogens is 4. The fourth-order valence-electron chi connectivity index (χ4n) is 1.83. The van der Waals surface area contributed by atoms with E-state index >= 15 is 0 Å². The number of nitrogens with zero attached hydrogens (tertiary/aromatic N) is 5. The molecule has 6 nitrogen and oxygen atoms in total. The summed E-state index contributed by atoms with van der Waals surface area (Å²) < 4.78 is 6.94. The van der Waals surface area contributed by atoms with E-state index in [0.717, 1.165) is 6.42 Å². The van der Waals surface area contributed by atoms with Crippen molar-refractivity contribution in [3.05, 3.63) is 18.2 Å². The van der Waals surface area contributed by atoms with Crippen LogP contribution >= 0.6 is 0 Å². The smallest absolute Gasteiger partial charge is 0.227 e. The third kappa shape index (κ3) is 2.99. The number of aryl methyl sites for hydroxylation is 1. The molecule has 0 aliphatic rings. The van der Waals surface area contributed by atoms with Crippen LogP contribution in [0.2, 0.25) is 0 Å². The summed E-state index contributed by atoms with van der Waals surface area (Å²) in [7, 11) is 1.84. The molecule has 1 unspecified atom stereocenters. The van der Waals surface area contributed by atoms with Crippen molar-refractivity contribution in [1.82, 2.24) is 19.9 Å². The lowest BCUT2D eigenvalue weighted by molar-refractivity contribution is 0.266. The fourth-order valence-corrected chi connectivity index (χ4v) is 1.83. The molecular formula is C13H17N5O. The van der Waals surface area contributed by atoms with Crippen LogP contribution in [-0.4, -0.2) is 19.9 Å². The van der Waals surface area contributed by atoms with E-state index in [2.05, 4.69) is 35.2 Å². The predicted octanol–water partition coefficient (Wildman–Crippen LogP) is 2.34. The Balaban J connectivity index is 2.16. The zero-order chi connectivity index (χ0) is 13.9. The molecule has 0 aromatic carbocycles. The Morgan fingerprint density at radius 3 is 2.89 bits per heavy atom. The maximum Gasteiger partial charge on any atom is 0.227 e. The van der Waals surface area contributed by atoms with Crippen molar-refractivity contribution in [1.29, 1.82) is 5.26 Å². The summed E-state index contributed by atoms with van der Waals surface area (Å²) in [6.45, 7) is 4.12. The molecule has 2 heterocycles. The Bertz CT molecular complexity index is 594. The minimum atomic E-state index is -0.122. The van der Waals surface area contributed by atoms with Crippen molar-refractivity contribution in [3.8, 4) is 17.6 Å². The van der Waals surface area contributed by atoms with Crippen LogP contribution in [-0.2, 0) is 13.5 Å². The Morgan fingerprint density at radius 1 is 1.53 bits per heavy atom. The normalized spacial score (nSPS) is 14.0. The molecule has 0 saturated heterocycles. The standard InChI is InChI=1S/C13H17N5O/c1-4-13(2,6-7-14)9-11-15-12(17-19-11)10-5-8-18(3)16-10/h5,8H,4,6,9H2,1-3H3. The number of hydrogen-bond acceptors (Lipinski definition) is 5. The van der Waals surface area contributed by atoms with Gasteiger partial charge in [0.1, 0.15) is 5.69 Å². The monoisotopic (exact) mass is 259 g/mol. The lowest BCUT2D eigenvalue weighted by atomic mass is 9.81. The van der Waals surface area contributed by atoms with Gasteiger partial charge in [0.25, 0.3) is 0 Å². The van der Waals surface area contributed by atoms with E-state index in [1.54, 1.807) is 4.68 Å².